The summed E-state index contributed by atoms with van der Waals surface area (Å²) in [4.78, 5) is 28.8. The molecule has 1 aliphatic rings. The zero-order chi connectivity index (χ0) is 17.4. The van der Waals surface area contributed by atoms with Crippen molar-refractivity contribution in [3.8, 4) is 0 Å². The number of anilines is 1. The molecule has 1 aliphatic heterocycles. The Hall–Kier alpha value is -3.49. The van der Waals surface area contributed by atoms with Crippen molar-refractivity contribution in [1.29, 1.82) is 0 Å². The maximum Gasteiger partial charge on any atom is 0.322 e. The van der Waals surface area contributed by atoms with Crippen LogP contribution >= 0.6 is 0 Å². The molecule has 3 aromatic rings. The van der Waals surface area contributed by atoms with E-state index in [1.807, 2.05) is 0 Å². The van der Waals surface area contributed by atoms with Crippen molar-refractivity contribution in [2.45, 2.75) is 13.0 Å². The summed E-state index contributed by atoms with van der Waals surface area (Å²) >= 11 is 0. The number of aromatic amines is 1. The third-order valence-electron chi connectivity index (χ3n) is 4.27. The average Bonchev–Trinajstić information content (AvgIpc) is 3.10. The summed E-state index contributed by atoms with van der Waals surface area (Å²) in [5.74, 6) is 0. The minimum Gasteiger partial charge on any atom is -0.320 e. The molecular weight excluding hydrogens is 324 g/mol. The smallest absolute Gasteiger partial charge is 0.320 e. The Morgan fingerprint density at radius 1 is 1.36 bits per heavy atom. The van der Waals surface area contributed by atoms with Gasteiger partial charge in [-0.3, -0.25) is 15.2 Å². The third kappa shape index (κ3) is 2.75. The number of non-ortho nitro benzene ring substituents is 1. The van der Waals surface area contributed by atoms with E-state index in [-0.39, 0.29) is 11.7 Å². The number of aromatic nitrogens is 3. The van der Waals surface area contributed by atoms with Crippen molar-refractivity contribution in [3.63, 3.8) is 0 Å². The maximum absolute atomic E-state index is 12.5. The van der Waals surface area contributed by atoms with Gasteiger partial charge in [0, 0.05) is 42.5 Å². The van der Waals surface area contributed by atoms with Gasteiger partial charge < -0.3 is 10.2 Å². The molecule has 25 heavy (non-hydrogen) atoms. The van der Waals surface area contributed by atoms with E-state index in [0.717, 1.165) is 22.2 Å². The SMILES string of the molecule is O=C(Nc1cccc([N+](=O)[O-])c1)N1CCc2c(cnc3[nH]ncc23)C1. The van der Waals surface area contributed by atoms with E-state index in [4.69, 9.17) is 0 Å². The van der Waals surface area contributed by atoms with E-state index in [1.54, 1.807) is 29.4 Å². The fraction of sp³-hybridized carbons (Fsp3) is 0.188. The summed E-state index contributed by atoms with van der Waals surface area (Å²) in [6.45, 7) is 0.988. The van der Waals surface area contributed by atoms with E-state index in [9.17, 15) is 14.9 Å². The predicted molar refractivity (Wildman–Crippen MR) is 90.1 cm³/mol. The zero-order valence-corrected chi connectivity index (χ0v) is 13.1. The maximum atomic E-state index is 12.5. The summed E-state index contributed by atoms with van der Waals surface area (Å²) < 4.78 is 0. The number of benzene rings is 1. The fourth-order valence-corrected chi connectivity index (χ4v) is 3.03. The van der Waals surface area contributed by atoms with Crippen LogP contribution in [0.3, 0.4) is 0 Å². The average molecular weight is 338 g/mol. The summed E-state index contributed by atoms with van der Waals surface area (Å²) in [5.41, 5.74) is 3.21. The van der Waals surface area contributed by atoms with E-state index in [1.165, 1.54) is 12.1 Å². The zero-order valence-electron chi connectivity index (χ0n) is 13.1. The Labute approximate surface area is 141 Å². The highest BCUT2D eigenvalue weighted by molar-refractivity contribution is 5.90. The summed E-state index contributed by atoms with van der Waals surface area (Å²) in [6.07, 6.45) is 4.21. The molecule has 0 fully saturated rings. The molecule has 0 radical (unpaired) electrons. The van der Waals surface area contributed by atoms with Crippen LogP contribution in [0.2, 0.25) is 0 Å². The first-order chi connectivity index (χ1) is 12.1. The third-order valence-corrected chi connectivity index (χ3v) is 4.27. The number of nitro benzene ring substituents is 1. The van der Waals surface area contributed by atoms with Gasteiger partial charge in [-0.25, -0.2) is 9.78 Å². The Bertz CT molecular complexity index is 983. The molecular formula is C16H14N6O3. The van der Waals surface area contributed by atoms with Crippen LogP contribution in [0.25, 0.3) is 11.0 Å². The van der Waals surface area contributed by atoms with Gasteiger partial charge in [0.15, 0.2) is 5.65 Å². The summed E-state index contributed by atoms with van der Waals surface area (Å²) in [5, 5.41) is 21.4. The number of carbonyl (C=O) groups excluding carboxylic acids is 1. The van der Waals surface area contributed by atoms with E-state index in [2.05, 4.69) is 20.5 Å². The molecule has 3 heterocycles. The van der Waals surface area contributed by atoms with Gasteiger partial charge in [-0.1, -0.05) is 6.07 Å². The Balaban J connectivity index is 1.52. The summed E-state index contributed by atoms with van der Waals surface area (Å²) in [6, 6.07) is 5.59. The molecule has 0 atom stereocenters. The lowest BCUT2D eigenvalue weighted by atomic mass is 9.99. The molecule has 2 amide bonds. The molecule has 0 bridgehead atoms. The van der Waals surface area contributed by atoms with Gasteiger partial charge in [0.1, 0.15) is 0 Å². The number of nitrogens with one attached hydrogen (secondary N) is 2. The van der Waals surface area contributed by atoms with Gasteiger partial charge in [-0.05, 0) is 23.6 Å². The number of hydrogen-bond donors (Lipinski definition) is 2. The van der Waals surface area contributed by atoms with Crippen LogP contribution in [0.5, 0.6) is 0 Å². The van der Waals surface area contributed by atoms with E-state index >= 15 is 0 Å². The van der Waals surface area contributed by atoms with Gasteiger partial charge >= 0.3 is 6.03 Å². The number of hydrogen-bond acceptors (Lipinski definition) is 5. The van der Waals surface area contributed by atoms with Crippen LogP contribution in [0.4, 0.5) is 16.2 Å². The lowest BCUT2D eigenvalue weighted by molar-refractivity contribution is -0.384. The molecule has 126 valence electrons. The van der Waals surface area contributed by atoms with Crippen LogP contribution in [-0.4, -0.2) is 37.6 Å². The van der Waals surface area contributed by atoms with Crippen LogP contribution in [0.15, 0.2) is 36.7 Å². The lowest BCUT2D eigenvalue weighted by Gasteiger charge is -2.29. The van der Waals surface area contributed by atoms with Crippen molar-refractivity contribution in [3.05, 3.63) is 57.9 Å². The van der Waals surface area contributed by atoms with Gasteiger partial charge in [-0.2, -0.15) is 5.10 Å². The molecule has 0 aliphatic carbocycles. The standard InChI is InChI=1S/C16H14N6O3/c23-16(19-11-2-1-3-12(6-11)22(24)25)21-5-4-13-10(9-21)7-17-15-14(13)8-18-20-15/h1-3,6-8H,4-5,9H2,(H,19,23)(H,17,18,20). The molecule has 1 aromatic carbocycles. The fourth-order valence-electron chi connectivity index (χ4n) is 3.03. The molecule has 2 aromatic heterocycles. The number of urea groups is 1. The highest BCUT2D eigenvalue weighted by Crippen LogP contribution is 2.25. The van der Waals surface area contributed by atoms with Crippen molar-refractivity contribution < 1.29 is 9.72 Å². The number of nitrogens with zero attached hydrogens (tertiary/aromatic N) is 4. The van der Waals surface area contributed by atoms with Crippen molar-refractivity contribution in [2.75, 3.05) is 11.9 Å². The molecule has 4 rings (SSSR count). The lowest BCUT2D eigenvalue weighted by Crippen LogP contribution is -2.39. The minimum absolute atomic E-state index is 0.0617. The van der Waals surface area contributed by atoms with Gasteiger partial charge in [0.05, 0.1) is 11.1 Å². The van der Waals surface area contributed by atoms with Crippen molar-refractivity contribution in [1.82, 2.24) is 20.1 Å². The van der Waals surface area contributed by atoms with Crippen LogP contribution in [0, 0.1) is 10.1 Å². The number of carbonyl (C=O) groups is 1. The Morgan fingerprint density at radius 2 is 2.24 bits per heavy atom. The second-order valence-electron chi connectivity index (χ2n) is 5.80. The molecule has 2 N–H and O–H groups in total. The van der Waals surface area contributed by atoms with Crippen molar-refractivity contribution >= 4 is 28.4 Å². The number of H-pyrrole nitrogens is 1. The topological polar surface area (TPSA) is 117 Å². The normalized spacial score (nSPS) is 13.5. The summed E-state index contributed by atoms with van der Waals surface area (Å²) in [7, 11) is 0. The first-order valence-corrected chi connectivity index (χ1v) is 7.72. The second-order valence-corrected chi connectivity index (χ2v) is 5.80. The van der Waals surface area contributed by atoms with Crippen LogP contribution < -0.4 is 5.32 Å². The predicted octanol–water partition coefficient (Wildman–Crippen LogP) is 2.46. The number of amides is 2. The Morgan fingerprint density at radius 3 is 3.08 bits per heavy atom. The quantitative estimate of drug-likeness (QED) is 0.550. The number of pyridine rings is 1. The second kappa shape index (κ2) is 5.86. The molecule has 9 heteroatoms. The molecule has 0 saturated heterocycles. The number of fused-ring (bicyclic) bond motifs is 3. The Kier molecular flexibility index (Phi) is 3.53. The van der Waals surface area contributed by atoms with Gasteiger partial charge in [0.2, 0.25) is 0 Å². The number of nitro groups is 1. The molecule has 0 spiro atoms. The van der Waals surface area contributed by atoms with Crippen LogP contribution in [-0.2, 0) is 13.0 Å². The van der Waals surface area contributed by atoms with Crippen LogP contribution in [0.1, 0.15) is 11.1 Å². The van der Waals surface area contributed by atoms with E-state index in [0.29, 0.717) is 25.2 Å². The molecule has 9 nitrogen and oxygen atoms in total. The molecule has 0 saturated carbocycles. The first-order valence-electron chi connectivity index (χ1n) is 7.72. The monoisotopic (exact) mass is 338 g/mol. The van der Waals surface area contributed by atoms with Crippen molar-refractivity contribution in [2.24, 2.45) is 0 Å². The highest BCUT2D eigenvalue weighted by Gasteiger charge is 2.23. The van der Waals surface area contributed by atoms with Gasteiger partial charge in [0.25, 0.3) is 5.69 Å². The number of rotatable bonds is 2. The molecule has 0 unspecified atom stereocenters. The largest absolute Gasteiger partial charge is 0.322 e. The minimum atomic E-state index is -0.491. The highest BCUT2D eigenvalue weighted by atomic mass is 16.6. The van der Waals surface area contributed by atoms with Gasteiger partial charge in [-0.15, -0.1) is 0 Å². The first kappa shape index (κ1) is 15.1. The van der Waals surface area contributed by atoms with E-state index < -0.39 is 4.92 Å².